The number of hydrogen-bond acceptors (Lipinski definition) is 5. The molecule has 0 fully saturated rings. The Morgan fingerprint density at radius 3 is 2.33 bits per heavy atom. The molecule has 0 bridgehead atoms. The van der Waals surface area contributed by atoms with Gasteiger partial charge in [0.2, 0.25) is 0 Å². The minimum Gasteiger partial charge on any atom is -0.493 e. The lowest BCUT2D eigenvalue weighted by Crippen LogP contribution is -2.17. The van der Waals surface area contributed by atoms with Crippen LogP contribution in [0.4, 0.5) is 0 Å². The molecular weight excluding hydrogens is 344 g/mol. The summed E-state index contributed by atoms with van der Waals surface area (Å²) in [4.78, 5) is 23.9. The fourth-order valence-electron chi connectivity index (χ4n) is 2.80. The van der Waals surface area contributed by atoms with Gasteiger partial charge in [0.05, 0.1) is 26.1 Å². The van der Waals surface area contributed by atoms with Crippen LogP contribution in [0.5, 0.6) is 11.5 Å². The van der Waals surface area contributed by atoms with Crippen LogP contribution in [0.1, 0.15) is 77.2 Å². The number of carbonyl (C=O) groups is 2. The quantitative estimate of drug-likeness (QED) is 0.262. The van der Waals surface area contributed by atoms with Gasteiger partial charge in [0.15, 0.2) is 11.5 Å². The Labute approximate surface area is 163 Å². The Kier molecular flexibility index (Phi) is 11.2. The van der Waals surface area contributed by atoms with Gasteiger partial charge in [0.25, 0.3) is 0 Å². The lowest BCUT2D eigenvalue weighted by atomic mass is 10.1. The molecule has 0 aliphatic carbocycles. The summed E-state index contributed by atoms with van der Waals surface area (Å²) in [5, 5.41) is 0. The summed E-state index contributed by atoms with van der Waals surface area (Å²) < 4.78 is 15.9. The van der Waals surface area contributed by atoms with Gasteiger partial charge in [-0.05, 0) is 44.4 Å². The van der Waals surface area contributed by atoms with E-state index in [1.807, 2.05) is 19.9 Å². The van der Waals surface area contributed by atoms with Crippen LogP contribution < -0.4 is 9.47 Å². The Morgan fingerprint density at radius 1 is 0.963 bits per heavy atom. The van der Waals surface area contributed by atoms with Gasteiger partial charge in [-0.1, -0.05) is 45.1 Å². The van der Waals surface area contributed by atoms with E-state index in [9.17, 15) is 9.59 Å². The molecule has 5 nitrogen and oxygen atoms in total. The monoisotopic (exact) mass is 378 g/mol. The SMILES string of the molecule is CCCCCCCCC(C)OC(=O)CCC(=O)Oc1cc(C)ccc1OC. The van der Waals surface area contributed by atoms with Gasteiger partial charge in [-0.3, -0.25) is 9.59 Å². The van der Waals surface area contributed by atoms with E-state index in [-0.39, 0.29) is 24.9 Å². The number of rotatable bonds is 13. The van der Waals surface area contributed by atoms with Gasteiger partial charge in [-0.25, -0.2) is 0 Å². The smallest absolute Gasteiger partial charge is 0.311 e. The van der Waals surface area contributed by atoms with Gasteiger partial charge in [-0.15, -0.1) is 0 Å². The van der Waals surface area contributed by atoms with Crippen molar-refractivity contribution in [3.8, 4) is 11.5 Å². The maximum Gasteiger partial charge on any atom is 0.311 e. The van der Waals surface area contributed by atoms with Crippen LogP contribution >= 0.6 is 0 Å². The van der Waals surface area contributed by atoms with E-state index < -0.39 is 5.97 Å². The predicted molar refractivity (Wildman–Crippen MR) is 106 cm³/mol. The van der Waals surface area contributed by atoms with Crippen molar-refractivity contribution in [2.24, 2.45) is 0 Å². The third-order valence-corrected chi connectivity index (χ3v) is 4.37. The van der Waals surface area contributed by atoms with Crippen molar-refractivity contribution in [2.45, 2.75) is 84.7 Å². The molecule has 1 rings (SSSR count). The summed E-state index contributed by atoms with van der Waals surface area (Å²) in [6.45, 7) is 6.01. The topological polar surface area (TPSA) is 61.8 Å². The number of benzene rings is 1. The zero-order valence-corrected chi connectivity index (χ0v) is 17.2. The second-order valence-electron chi connectivity index (χ2n) is 6.99. The van der Waals surface area contributed by atoms with Crippen molar-refractivity contribution < 1.29 is 23.8 Å². The molecule has 0 N–H and O–H groups in total. The maximum atomic E-state index is 12.0. The van der Waals surface area contributed by atoms with Crippen LogP contribution in [0, 0.1) is 6.92 Å². The van der Waals surface area contributed by atoms with Crippen molar-refractivity contribution in [2.75, 3.05) is 7.11 Å². The van der Waals surface area contributed by atoms with E-state index in [0.29, 0.717) is 11.5 Å². The van der Waals surface area contributed by atoms with Crippen LogP contribution in [-0.4, -0.2) is 25.2 Å². The molecule has 0 aliphatic rings. The second kappa shape index (κ2) is 13.2. The van der Waals surface area contributed by atoms with Crippen LogP contribution in [0.3, 0.4) is 0 Å². The number of hydrogen-bond donors (Lipinski definition) is 0. The summed E-state index contributed by atoms with van der Waals surface area (Å²) >= 11 is 0. The number of unbranched alkanes of at least 4 members (excludes halogenated alkanes) is 5. The number of carbonyl (C=O) groups excluding carboxylic acids is 2. The van der Waals surface area contributed by atoms with Crippen molar-refractivity contribution in [1.82, 2.24) is 0 Å². The van der Waals surface area contributed by atoms with E-state index in [1.165, 1.54) is 39.2 Å². The lowest BCUT2D eigenvalue weighted by Gasteiger charge is -2.13. The van der Waals surface area contributed by atoms with Crippen LogP contribution in [0.15, 0.2) is 18.2 Å². The highest BCUT2D eigenvalue weighted by molar-refractivity contribution is 5.79. The molecule has 0 aromatic heterocycles. The first kappa shape index (κ1) is 23.0. The largest absolute Gasteiger partial charge is 0.493 e. The molecule has 1 aromatic rings. The second-order valence-corrected chi connectivity index (χ2v) is 6.99. The van der Waals surface area contributed by atoms with Gasteiger partial charge < -0.3 is 14.2 Å². The van der Waals surface area contributed by atoms with E-state index in [1.54, 1.807) is 12.1 Å². The third-order valence-electron chi connectivity index (χ3n) is 4.37. The molecule has 0 heterocycles. The fraction of sp³-hybridized carbons (Fsp3) is 0.636. The lowest BCUT2D eigenvalue weighted by molar-refractivity contribution is -0.151. The molecule has 1 unspecified atom stereocenters. The standard InChI is InChI=1S/C22H34O5/c1-5-6-7-8-9-10-11-18(3)26-21(23)14-15-22(24)27-20-16-17(2)12-13-19(20)25-4/h12-13,16,18H,5-11,14-15H2,1-4H3. The summed E-state index contributed by atoms with van der Waals surface area (Å²) in [5.41, 5.74) is 0.960. The van der Waals surface area contributed by atoms with Gasteiger partial charge in [-0.2, -0.15) is 0 Å². The first-order chi connectivity index (χ1) is 13.0. The highest BCUT2D eigenvalue weighted by Crippen LogP contribution is 2.28. The minimum absolute atomic E-state index is 0.0142. The first-order valence-corrected chi connectivity index (χ1v) is 10.0. The molecule has 152 valence electrons. The number of esters is 2. The molecule has 0 amide bonds. The Balaban J connectivity index is 2.25. The van der Waals surface area contributed by atoms with Crippen molar-refractivity contribution >= 4 is 11.9 Å². The van der Waals surface area contributed by atoms with Crippen molar-refractivity contribution in [1.29, 1.82) is 0 Å². The van der Waals surface area contributed by atoms with Crippen LogP contribution in [0.2, 0.25) is 0 Å². The summed E-state index contributed by atoms with van der Waals surface area (Å²) in [6.07, 6.45) is 8.04. The highest BCUT2D eigenvalue weighted by Gasteiger charge is 2.15. The summed E-state index contributed by atoms with van der Waals surface area (Å²) in [5.74, 6) is 0.0254. The first-order valence-electron chi connectivity index (χ1n) is 10.0. The van der Waals surface area contributed by atoms with Gasteiger partial charge in [0, 0.05) is 0 Å². The molecule has 27 heavy (non-hydrogen) atoms. The Hall–Kier alpha value is -2.04. The maximum absolute atomic E-state index is 12.0. The fourth-order valence-corrected chi connectivity index (χ4v) is 2.80. The average molecular weight is 379 g/mol. The molecular formula is C22H34O5. The van der Waals surface area contributed by atoms with Crippen molar-refractivity contribution in [3.63, 3.8) is 0 Å². The van der Waals surface area contributed by atoms with Gasteiger partial charge >= 0.3 is 11.9 Å². The molecule has 0 spiro atoms. The number of ether oxygens (including phenoxy) is 3. The van der Waals surface area contributed by atoms with Crippen molar-refractivity contribution in [3.05, 3.63) is 23.8 Å². The average Bonchev–Trinajstić information content (AvgIpc) is 2.63. The van der Waals surface area contributed by atoms with E-state index in [2.05, 4.69) is 6.92 Å². The summed E-state index contributed by atoms with van der Waals surface area (Å²) in [7, 11) is 1.52. The Bertz CT molecular complexity index is 582. The molecule has 1 atom stereocenters. The predicted octanol–water partition coefficient (Wildman–Crippen LogP) is 5.37. The number of aryl methyl sites for hydroxylation is 1. The normalized spacial score (nSPS) is 11.7. The van der Waals surface area contributed by atoms with E-state index >= 15 is 0 Å². The minimum atomic E-state index is -0.473. The molecule has 5 heteroatoms. The molecule has 0 radical (unpaired) electrons. The molecule has 0 saturated carbocycles. The third kappa shape index (κ3) is 10.0. The van der Waals surface area contributed by atoms with Crippen LogP contribution in [-0.2, 0) is 14.3 Å². The van der Waals surface area contributed by atoms with Gasteiger partial charge in [0.1, 0.15) is 0 Å². The highest BCUT2D eigenvalue weighted by atomic mass is 16.6. The molecule has 1 aromatic carbocycles. The number of methoxy groups -OCH3 is 1. The Morgan fingerprint density at radius 2 is 1.63 bits per heavy atom. The van der Waals surface area contributed by atoms with E-state index in [4.69, 9.17) is 14.2 Å². The molecule has 0 saturated heterocycles. The summed E-state index contributed by atoms with van der Waals surface area (Å²) in [6, 6.07) is 5.35. The zero-order chi connectivity index (χ0) is 20.1. The van der Waals surface area contributed by atoms with E-state index in [0.717, 1.165) is 18.4 Å². The zero-order valence-electron chi connectivity index (χ0n) is 17.2. The molecule has 0 aliphatic heterocycles. The van der Waals surface area contributed by atoms with Crippen LogP contribution in [0.25, 0.3) is 0 Å².